The minimum Gasteiger partial charge on any atom is -0.265 e. The molecule has 0 aromatic carbocycles. The summed E-state index contributed by atoms with van der Waals surface area (Å²) < 4.78 is 1.28. The highest BCUT2D eigenvalue weighted by molar-refractivity contribution is 14.1. The van der Waals surface area contributed by atoms with Crippen molar-refractivity contribution in [2.75, 3.05) is 0 Å². The monoisotopic (exact) mass is 363 g/mol. The molecule has 2 aromatic rings. The summed E-state index contributed by atoms with van der Waals surface area (Å²) in [6.07, 6.45) is 3.62. The van der Waals surface area contributed by atoms with Gasteiger partial charge in [0.25, 0.3) is 0 Å². The van der Waals surface area contributed by atoms with Gasteiger partial charge in [-0.15, -0.1) is 22.9 Å². The van der Waals surface area contributed by atoms with Crippen molar-refractivity contribution in [3.05, 3.63) is 50.0 Å². The Balaban J connectivity index is 2.19. The van der Waals surface area contributed by atoms with Crippen LogP contribution in [-0.4, -0.2) is 4.98 Å². The van der Waals surface area contributed by atoms with Crippen LogP contribution >= 0.6 is 45.5 Å². The van der Waals surface area contributed by atoms with Gasteiger partial charge in [-0.25, -0.2) is 0 Å². The molecule has 0 radical (unpaired) electrons. The number of hydrogen-bond donors (Lipinski definition) is 0. The minimum atomic E-state index is 0.0298. The van der Waals surface area contributed by atoms with E-state index in [9.17, 15) is 0 Å². The van der Waals surface area contributed by atoms with Gasteiger partial charge in [-0.3, -0.25) is 4.98 Å². The van der Waals surface area contributed by atoms with E-state index in [1.165, 1.54) is 14.0 Å². The molecule has 0 aliphatic heterocycles. The average molecular weight is 364 g/mol. The van der Waals surface area contributed by atoms with Crippen molar-refractivity contribution < 1.29 is 0 Å². The van der Waals surface area contributed by atoms with Crippen LogP contribution in [0.15, 0.2) is 36.0 Å². The molecule has 0 spiro atoms. The van der Waals surface area contributed by atoms with E-state index in [1.807, 2.05) is 24.5 Å². The van der Waals surface area contributed by atoms with E-state index in [2.05, 4.69) is 45.9 Å². The van der Waals surface area contributed by atoms with Crippen molar-refractivity contribution in [1.82, 2.24) is 4.98 Å². The molecule has 0 fully saturated rings. The van der Waals surface area contributed by atoms with Gasteiger partial charge in [-0.2, -0.15) is 0 Å². The molecule has 1 nitrogen and oxygen atoms in total. The number of hydrogen-bond acceptors (Lipinski definition) is 2. The van der Waals surface area contributed by atoms with E-state index in [0.717, 1.165) is 0 Å². The second-order valence-corrected chi connectivity index (χ2v) is 6.93. The molecule has 4 heteroatoms. The first-order valence-electron chi connectivity index (χ1n) is 4.96. The molecule has 0 aliphatic carbocycles. The quantitative estimate of drug-likeness (QED) is 0.562. The largest absolute Gasteiger partial charge is 0.265 e. The highest BCUT2D eigenvalue weighted by Gasteiger charge is 2.19. The number of rotatable bonds is 3. The van der Waals surface area contributed by atoms with E-state index in [0.29, 0.717) is 5.92 Å². The summed E-state index contributed by atoms with van der Waals surface area (Å²) in [7, 11) is 0. The van der Waals surface area contributed by atoms with Crippen molar-refractivity contribution >= 4 is 45.5 Å². The molecular formula is C12H11ClINS. The van der Waals surface area contributed by atoms with Gasteiger partial charge in [0.05, 0.1) is 8.26 Å². The summed E-state index contributed by atoms with van der Waals surface area (Å²) in [5.74, 6) is 0.301. The molecular weight excluding hydrogens is 353 g/mol. The molecule has 0 N–H and O–H groups in total. The van der Waals surface area contributed by atoms with E-state index < -0.39 is 0 Å². The van der Waals surface area contributed by atoms with E-state index in [4.69, 9.17) is 11.6 Å². The molecule has 2 unspecified atom stereocenters. The van der Waals surface area contributed by atoms with Crippen LogP contribution in [0, 0.1) is 2.88 Å². The second kappa shape index (κ2) is 5.47. The fraction of sp³-hybridized carbons (Fsp3) is 0.250. The van der Waals surface area contributed by atoms with Gasteiger partial charge in [0.1, 0.15) is 0 Å². The van der Waals surface area contributed by atoms with Gasteiger partial charge >= 0.3 is 0 Å². The first-order valence-corrected chi connectivity index (χ1v) is 7.36. The SMILES string of the molecule is CC(c1ccncc1)C(Cl)c1csc(I)c1. The highest BCUT2D eigenvalue weighted by Crippen LogP contribution is 2.37. The summed E-state index contributed by atoms with van der Waals surface area (Å²) >= 11 is 10.5. The summed E-state index contributed by atoms with van der Waals surface area (Å²) in [6.45, 7) is 2.15. The lowest BCUT2D eigenvalue weighted by Crippen LogP contribution is -2.01. The Hall–Kier alpha value is -0.130. The molecule has 84 valence electrons. The summed E-state index contributed by atoms with van der Waals surface area (Å²) in [6, 6.07) is 6.20. The van der Waals surface area contributed by atoms with Crippen LogP contribution in [-0.2, 0) is 0 Å². The van der Waals surface area contributed by atoms with Gasteiger partial charge in [0, 0.05) is 18.3 Å². The van der Waals surface area contributed by atoms with Gasteiger partial charge in [-0.1, -0.05) is 6.92 Å². The lowest BCUT2D eigenvalue weighted by Gasteiger charge is -2.17. The van der Waals surface area contributed by atoms with Crippen molar-refractivity contribution in [1.29, 1.82) is 0 Å². The minimum absolute atomic E-state index is 0.0298. The van der Waals surface area contributed by atoms with Crippen molar-refractivity contribution in [2.45, 2.75) is 18.2 Å². The molecule has 2 rings (SSSR count). The molecule has 0 saturated carbocycles. The normalized spacial score (nSPS) is 14.7. The summed E-state index contributed by atoms with van der Waals surface area (Å²) in [5, 5.41) is 2.17. The summed E-state index contributed by atoms with van der Waals surface area (Å²) in [5.41, 5.74) is 2.44. The molecule has 0 saturated heterocycles. The third-order valence-corrected chi connectivity index (χ3v) is 5.01. The third kappa shape index (κ3) is 2.76. The van der Waals surface area contributed by atoms with Crippen LogP contribution in [0.1, 0.15) is 29.3 Å². The number of thiophene rings is 1. The average Bonchev–Trinajstić information content (AvgIpc) is 2.75. The second-order valence-electron chi connectivity index (χ2n) is 3.66. The fourth-order valence-electron chi connectivity index (χ4n) is 1.59. The predicted octanol–water partition coefficient (Wildman–Crippen LogP) is 4.83. The number of nitrogens with zero attached hydrogens (tertiary/aromatic N) is 1. The van der Waals surface area contributed by atoms with E-state index in [1.54, 1.807) is 11.3 Å². The predicted molar refractivity (Wildman–Crippen MR) is 78.3 cm³/mol. The first-order chi connectivity index (χ1) is 7.68. The standard InChI is InChI=1S/C12H11ClINS/c1-8(9-2-4-15-5-3-9)12(13)10-6-11(14)16-7-10/h2-8,12H,1H3. The fourth-order valence-corrected chi connectivity index (χ4v) is 3.35. The first kappa shape index (κ1) is 12.3. The zero-order valence-corrected chi connectivity index (χ0v) is 12.5. The topological polar surface area (TPSA) is 12.9 Å². The van der Waals surface area contributed by atoms with Gasteiger partial charge in [0.15, 0.2) is 0 Å². The summed E-state index contributed by atoms with van der Waals surface area (Å²) in [4.78, 5) is 4.02. The van der Waals surface area contributed by atoms with Crippen LogP contribution in [0.4, 0.5) is 0 Å². The Kier molecular flexibility index (Phi) is 4.21. The zero-order chi connectivity index (χ0) is 11.5. The van der Waals surface area contributed by atoms with Crippen molar-refractivity contribution in [3.8, 4) is 0 Å². The Morgan fingerprint density at radius 1 is 1.31 bits per heavy atom. The van der Waals surface area contributed by atoms with Crippen LogP contribution in [0.5, 0.6) is 0 Å². The molecule has 2 atom stereocenters. The van der Waals surface area contributed by atoms with Crippen LogP contribution < -0.4 is 0 Å². The number of alkyl halides is 1. The maximum absolute atomic E-state index is 6.49. The highest BCUT2D eigenvalue weighted by atomic mass is 127. The van der Waals surface area contributed by atoms with E-state index in [-0.39, 0.29) is 5.38 Å². The number of halogens is 2. The van der Waals surface area contributed by atoms with Crippen LogP contribution in [0.25, 0.3) is 0 Å². The Morgan fingerprint density at radius 3 is 2.56 bits per heavy atom. The van der Waals surface area contributed by atoms with Gasteiger partial charge in [-0.05, 0) is 57.3 Å². The Bertz CT molecular complexity index is 457. The molecule has 16 heavy (non-hydrogen) atoms. The number of aromatic nitrogens is 1. The van der Waals surface area contributed by atoms with Crippen LogP contribution in [0.2, 0.25) is 0 Å². The van der Waals surface area contributed by atoms with Gasteiger partial charge < -0.3 is 0 Å². The molecule has 0 amide bonds. The van der Waals surface area contributed by atoms with E-state index >= 15 is 0 Å². The van der Waals surface area contributed by atoms with Gasteiger partial charge in [0.2, 0.25) is 0 Å². The Labute approximate surface area is 118 Å². The number of pyridine rings is 1. The smallest absolute Gasteiger partial charge is 0.0659 e. The molecule has 0 aliphatic rings. The van der Waals surface area contributed by atoms with Crippen molar-refractivity contribution in [3.63, 3.8) is 0 Å². The molecule has 2 heterocycles. The Morgan fingerprint density at radius 2 is 2.00 bits per heavy atom. The lowest BCUT2D eigenvalue weighted by molar-refractivity contribution is 0.732. The molecule has 2 aromatic heterocycles. The maximum atomic E-state index is 6.49. The van der Waals surface area contributed by atoms with Crippen LogP contribution in [0.3, 0.4) is 0 Å². The maximum Gasteiger partial charge on any atom is 0.0659 e. The zero-order valence-electron chi connectivity index (χ0n) is 8.73. The lowest BCUT2D eigenvalue weighted by atomic mass is 9.95. The third-order valence-electron chi connectivity index (χ3n) is 2.58. The molecule has 0 bridgehead atoms. The van der Waals surface area contributed by atoms with Crippen molar-refractivity contribution in [2.24, 2.45) is 0 Å².